The predicted octanol–water partition coefficient (Wildman–Crippen LogP) is 4.90. The monoisotopic (exact) mass is 535 g/mol. The second kappa shape index (κ2) is 11.1. The Hall–Kier alpha value is -0.640. The highest BCUT2D eigenvalue weighted by Gasteiger charge is 2.21. The van der Waals surface area contributed by atoms with Crippen LogP contribution >= 0.6 is 62.2 Å². The van der Waals surface area contributed by atoms with Gasteiger partial charge in [-0.15, -0.1) is 11.3 Å². The van der Waals surface area contributed by atoms with Gasteiger partial charge in [-0.25, -0.2) is 4.98 Å². The molecule has 1 aliphatic heterocycles. The van der Waals surface area contributed by atoms with Gasteiger partial charge in [0.25, 0.3) is 0 Å². The third-order valence-electron chi connectivity index (χ3n) is 4.56. The van der Waals surface area contributed by atoms with Crippen molar-refractivity contribution >= 4 is 73.9 Å². The molecule has 1 amide bonds. The Kier molecular flexibility index (Phi) is 8.83. The van der Waals surface area contributed by atoms with E-state index in [2.05, 4.69) is 31.1 Å². The van der Waals surface area contributed by atoms with E-state index in [4.69, 9.17) is 23.2 Å². The summed E-state index contributed by atoms with van der Waals surface area (Å²) in [7, 11) is 0. The van der Waals surface area contributed by atoms with Crippen molar-refractivity contribution in [1.82, 2.24) is 15.2 Å². The zero-order valence-electron chi connectivity index (χ0n) is 15.5. The molecule has 1 N–H and O–H groups in total. The number of ketones is 1. The number of thiazole rings is 1. The Labute approximate surface area is 196 Å². The predicted molar refractivity (Wildman–Crippen MR) is 124 cm³/mol. The van der Waals surface area contributed by atoms with Crippen molar-refractivity contribution in [3.05, 3.63) is 44.9 Å². The second-order valence-electron chi connectivity index (χ2n) is 6.71. The number of aromatic nitrogens is 1. The van der Waals surface area contributed by atoms with Gasteiger partial charge in [0.1, 0.15) is 5.69 Å². The van der Waals surface area contributed by atoms with Crippen LogP contribution in [0, 0.1) is 0 Å². The summed E-state index contributed by atoms with van der Waals surface area (Å²) in [6.07, 6.45) is 1.83. The van der Waals surface area contributed by atoms with Crippen LogP contribution in [0.3, 0.4) is 0 Å². The molecule has 1 fully saturated rings. The van der Waals surface area contributed by atoms with Gasteiger partial charge in [-0.05, 0) is 30.5 Å². The lowest BCUT2D eigenvalue weighted by Gasteiger charge is -2.32. The smallest absolute Gasteiger partial charge is 0.230 e. The Morgan fingerprint density at radius 3 is 2.72 bits per heavy atom. The zero-order chi connectivity index (χ0) is 20.8. The molecule has 3 rings (SSSR count). The number of benzene rings is 1. The number of carbonyl (C=O) groups is 2. The molecule has 0 atom stereocenters. The molecule has 0 saturated carbocycles. The Morgan fingerprint density at radius 2 is 2.03 bits per heavy atom. The van der Waals surface area contributed by atoms with Gasteiger partial charge in [-0.2, -0.15) is 0 Å². The van der Waals surface area contributed by atoms with Crippen molar-refractivity contribution in [2.75, 3.05) is 24.2 Å². The standard InChI is InChI=1S/C19H20BrCl2N3O2S2/c20-8-17(26)16-10-28-19(24-16)29-11-18(27)23-13-3-5-25(6-4-13)9-12-1-2-14(21)15(22)7-12/h1-2,7,10,13H,3-6,8-9,11H2,(H,23,27). The van der Waals surface area contributed by atoms with E-state index in [1.165, 1.54) is 23.1 Å². The lowest BCUT2D eigenvalue weighted by atomic mass is 10.0. The quantitative estimate of drug-likeness (QED) is 0.295. The number of rotatable bonds is 8. The lowest BCUT2D eigenvalue weighted by molar-refractivity contribution is -0.119. The Morgan fingerprint density at radius 1 is 1.28 bits per heavy atom. The summed E-state index contributed by atoms with van der Waals surface area (Å²) in [6, 6.07) is 5.92. The van der Waals surface area contributed by atoms with Crippen LogP contribution in [0.1, 0.15) is 28.9 Å². The van der Waals surface area contributed by atoms with Gasteiger partial charge in [0.15, 0.2) is 10.1 Å². The maximum Gasteiger partial charge on any atom is 0.230 e. The maximum atomic E-state index is 12.3. The van der Waals surface area contributed by atoms with Crippen molar-refractivity contribution in [1.29, 1.82) is 0 Å². The van der Waals surface area contributed by atoms with Crippen molar-refractivity contribution in [2.45, 2.75) is 29.8 Å². The molecule has 0 aliphatic carbocycles. The van der Waals surface area contributed by atoms with E-state index in [1.807, 2.05) is 18.2 Å². The summed E-state index contributed by atoms with van der Waals surface area (Å²) in [4.78, 5) is 30.5. The van der Waals surface area contributed by atoms with Crippen molar-refractivity contribution in [2.24, 2.45) is 0 Å². The third kappa shape index (κ3) is 6.94. The van der Waals surface area contributed by atoms with Gasteiger partial charge < -0.3 is 5.32 Å². The second-order valence-corrected chi connectivity index (χ2v) is 10.2. The van der Waals surface area contributed by atoms with Crippen LogP contribution in [0.15, 0.2) is 27.9 Å². The summed E-state index contributed by atoms with van der Waals surface area (Å²) in [5.74, 6) is 0.255. The fourth-order valence-electron chi connectivity index (χ4n) is 3.05. The van der Waals surface area contributed by atoms with Gasteiger partial charge in [0.05, 0.1) is 21.1 Å². The zero-order valence-corrected chi connectivity index (χ0v) is 20.2. The number of hydrogen-bond donors (Lipinski definition) is 1. The van der Waals surface area contributed by atoms with Gasteiger partial charge in [0, 0.05) is 31.1 Å². The van der Waals surface area contributed by atoms with E-state index < -0.39 is 0 Å². The van der Waals surface area contributed by atoms with E-state index in [-0.39, 0.29) is 23.1 Å². The fraction of sp³-hybridized carbons (Fsp3) is 0.421. The van der Waals surface area contributed by atoms with E-state index in [0.29, 0.717) is 21.5 Å². The fourth-order valence-corrected chi connectivity index (χ4v) is 5.30. The van der Waals surface area contributed by atoms with Crippen LogP contribution < -0.4 is 5.32 Å². The molecule has 10 heteroatoms. The minimum Gasteiger partial charge on any atom is -0.353 e. The molecule has 2 aromatic rings. The van der Waals surface area contributed by atoms with Crippen LogP contribution in [-0.2, 0) is 11.3 Å². The maximum absolute atomic E-state index is 12.3. The molecule has 0 bridgehead atoms. The largest absolute Gasteiger partial charge is 0.353 e. The number of amides is 1. The minimum atomic E-state index is -0.0508. The first-order valence-corrected chi connectivity index (χ1v) is 12.8. The highest BCUT2D eigenvalue weighted by Crippen LogP contribution is 2.25. The number of alkyl halides is 1. The molecule has 1 aromatic heterocycles. The average Bonchev–Trinajstić information content (AvgIpc) is 3.19. The molecule has 1 aliphatic rings. The molecule has 1 aromatic carbocycles. The van der Waals surface area contributed by atoms with Crippen LogP contribution in [0.4, 0.5) is 0 Å². The van der Waals surface area contributed by atoms with E-state index in [9.17, 15) is 9.59 Å². The number of nitrogens with one attached hydrogen (secondary N) is 1. The molecule has 2 heterocycles. The molecule has 0 spiro atoms. The first kappa shape index (κ1) is 23.0. The van der Waals surface area contributed by atoms with Crippen LogP contribution in [0.25, 0.3) is 0 Å². The normalized spacial score (nSPS) is 15.4. The van der Waals surface area contributed by atoms with Gasteiger partial charge in [0.2, 0.25) is 5.91 Å². The van der Waals surface area contributed by atoms with Crippen LogP contribution in [0.2, 0.25) is 10.0 Å². The van der Waals surface area contributed by atoms with Crippen molar-refractivity contribution in [3.8, 4) is 0 Å². The first-order chi connectivity index (χ1) is 13.9. The SMILES string of the molecule is O=C(CSc1nc(C(=O)CBr)cs1)NC1CCN(Cc2ccc(Cl)c(Cl)c2)CC1. The molecule has 5 nitrogen and oxygen atoms in total. The number of Topliss-reactive ketones (excluding diaryl/α,β-unsaturated/α-hetero) is 1. The highest BCUT2D eigenvalue weighted by molar-refractivity contribution is 9.09. The van der Waals surface area contributed by atoms with Crippen LogP contribution in [-0.4, -0.2) is 51.8 Å². The Bertz CT molecular complexity index is 873. The molecule has 0 radical (unpaired) electrons. The third-order valence-corrected chi connectivity index (χ3v) is 7.83. The molecule has 156 valence electrons. The topological polar surface area (TPSA) is 62.3 Å². The summed E-state index contributed by atoms with van der Waals surface area (Å²) in [6.45, 7) is 2.67. The summed E-state index contributed by atoms with van der Waals surface area (Å²) in [5.41, 5.74) is 1.59. The molecular formula is C19H20BrCl2N3O2S2. The summed E-state index contributed by atoms with van der Waals surface area (Å²) >= 11 is 17.9. The number of piperidine rings is 1. The summed E-state index contributed by atoms with van der Waals surface area (Å²) < 4.78 is 0.737. The van der Waals surface area contributed by atoms with Gasteiger partial charge in [-0.3, -0.25) is 14.5 Å². The number of hydrogen-bond acceptors (Lipinski definition) is 6. The van der Waals surface area contributed by atoms with Crippen LogP contribution in [0.5, 0.6) is 0 Å². The molecular weight excluding hydrogens is 517 g/mol. The molecule has 0 unspecified atom stereocenters. The number of halogens is 3. The van der Waals surface area contributed by atoms with E-state index >= 15 is 0 Å². The lowest BCUT2D eigenvalue weighted by Crippen LogP contribution is -2.44. The molecule has 29 heavy (non-hydrogen) atoms. The van der Waals surface area contributed by atoms with Crippen molar-refractivity contribution in [3.63, 3.8) is 0 Å². The summed E-state index contributed by atoms with van der Waals surface area (Å²) in [5, 5.41) is 6.24. The van der Waals surface area contributed by atoms with Gasteiger partial charge >= 0.3 is 0 Å². The number of carbonyl (C=O) groups excluding carboxylic acids is 2. The number of likely N-dealkylation sites (tertiary alicyclic amines) is 1. The highest BCUT2D eigenvalue weighted by atomic mass is 79.9. The van der Waals surface area contributed by atoms with E-state index in [0.717, 1.165) is 42.4 Å². The van der Waals surface area contributed by atoms with E-state index in [1.54, 1.807) is 5.38 Å². The van der Waals surface area contributed by atoms with Gasteiger partial charge in [-0.1, -0.05) is 57.0 Å². The first-order valence-electron chi connectivity index (χ1n) is 9.07. The molecule has 1 saturated heterocycles. The van der Waals surface area contributed by atoms with Crippen molar-refractivity contribution < 1.29 is 9.59 Å². The minimum absolute atomic E-state index is 0.00139. The number of nitrogens with zero attached hydrogens (tertiary/aromatic N) is 2. The average molecular weight is 537 g/mol. The Balaban J connectivity index is 1.38. The number of thioether (sulfide) groups is 1.